The molecule has 1 saturated carbocycles. The predicted molar refractivity (Wildman–Crippen MR) is 103 cm³/mol. The van der Waals surface area contributed by atoms with Crippen molar-refractivity contribution in [2.75, 3.05) is 5.32 Å². The molecule has 4 rings (SSSR count). The van der Waals surface area contributed by atoms with Gasteiger partial charge in [-0.05, 0) is 25.1 Å². The van der Waals surface area contributed by atoms with Gasteiger partial charge in [-0.1, -0.05) is 49.6 Å². The third-order valence-corrected chi connectivity index (χ3v) is 5.35. The van der Waals surface area contributed by atoms with Gasteiger partial charge in [-0.25, -0.2) is 4.52 Å². The summed E-state index contributed by atoms with van der Waals surface area (Å²) < 4.78 is 1.87. The fraction of sp³-hybridized carbons (Fsp3) is 0.353. The number of aromatic nitrogens is 3. The van der Waals surface area contributed by atoms with Crippen LogP contribution in [0, 0.1) is 0 Å². The fourth-order valence-corrected chi connectivity index (χ4v) is 4.20. The van der Waals surface area contributed by atoms with E-state index in [1.54, 1.807) is 11.3 Å². The quantitative estimate of drug-likeness (QED) is 0.692. The van der Waals surface area contributed by atoms with Crippen molar-refractivity contribution in [2.24, 2.45) is 0 Å². The van der Waals surface area contributed by atoms with Crippen LogP contribution in [-0.4, -0.2) is 25.8 Å². The van der Waals surface area contributed by atoms with Crippen LogP contribution in [0.3, 0.4) is 0 Å². The number of anilines is 1. The van der Waals surface area contributed by atoms with Crippen LogP contribution in [0.15, 0.2) is 35.7 Å². The maximum absolute atomic E-state index is 5.41. The molecule has 0 bridgehead atoms. The van der Waals surface area contributed by atoms with Gasteiger partial charge in [-0.15, -0.1) is 16.4 Å². The van der Waals surface area contributed by atoms with E-state index in [0.29, 0.717) is 17.1 Å². The van der Waals surface area contributed by atoms with E-state index >= 15 is 0 Å². The third-order valence-electron chi connectivity index (χ3n) is 4.32. The minimum atomic E-state index is 0.474. The van der Waals surface area contributed by atoms with Crippen molar-refractivity contribution < 1.29 is 0 Å². The molecule has 0 amide bonds. The van der Waals surface area contributed by atoms with Crippen LogP contribution in [0.5, 0.6) is 0 Å². The Bertz CT molecular complexity index is 833. The zero-order chi connectivity index (χ0) is 16.4. The molecule has 2 aromatic heterocycles. The second kappa shape index (κ2) is 6.86. The first-order valence-electron chi connectivity index (χ1n) is 8.27. The lowest BCUT2D eigenvalue weighted by Gasteiger charge is -2.23. The number of hydrogen-bond acceptors (Lipinski definition) is 4. The second-order valence-electron chi connectivity index (χ2n) is 6.05. The summed E-state index contributed by atoms with van der Waals surface area (Å²) >= 11 is 6.99. The van der Waals surface area contributed by atoms with Gasteiger partial charge in [0.25, 0.3) is 0 Å². The highest BCUT2D eigenvalue weighted by molar-refractivity contribution is 7.80. The van der Waals surface area contributed by atoms with Crippen LogP contribution in [-0.2, 0) is 0 Å². The first-order chi connectivity index (χ1) is 11.8. The summed E-state index contributed by atoms with van der Waals surface area (Å²) in [7, 11) is 0. The van der Waals surface area contributed by atoms with Gasteiger partial charge in [0, 0.05) is 17.0 Å². The molecule has 124 valence electrons. The molecule has 1 fully saturated rings. The van der Waals surface area contributed by atoms with Crippen molar-refractivity contribution in [1.29, 1.82) is 0 Å². The Morgan fingerprint density at radius 1 is 1.17 bits per heavy atom. The zero-order valence-electron chi connectivity index (χ0n) is 13.2. The van der Waals surface area contributed by atoms with E-state index in [0.717, 1.165) is 16.2 Å². The van der Waals surface area contributed by atoms with E-state index in [-0.39, 0.29) is 0 Å². The van der Waals surface area contributed by atoms with Crippen molar-refractivity contribution >= 4 is 39.6 Å². The van der Waals surface area contributed by atoms with Gasteiger partial charge < -0.3 is 5.32 Å². The molecule has 0 spiro atoms. The molecule has 0 radical (unpaired) electrons. The Hall–Kier alpha value is -1.99. The molecule has 24 heavy (non-hydrogen) atoms. The molecule has 0 aliphatic heterocycles. The summed E-state index contributed by atoms with van der Waals surface area (Å²) in [5.74, 6) is 0.548. The van der Waals surface area contributed by atoms with E-state index in [2.05, 4.69) is 38.2 Å². The molecule has 2 N–H and O–H groups in total. The van der Waals surface area contributed by atoms with Crippen LogP contribution >= 0.6 is 23.6 Å². The summed E-state index contributed by atoms with van der Waals surface area (Å²) in [5.41, 5.74) is 2.17. The number of benzene rings is 1. The van der Waals surface area contributed by atoms with E-state index in [9.17, 15) is 0 Å². The molecule has 3 aromatic rings. The van der Waals surface area contributed by atoms with Crippen LogP contribution in [0.25, 0.3) is 16.2 Å². The number of hydrogen-bond donors (Lipinski definition) is 2. The van der Waals surface area contributed by atoms with Crippen LogP contribution < -0.4 is 10.6 Å². The number of nitrogens with one attached hydrogen (secondary N) is 2. The van der Waals surface area contributed by atoms with Crippen molar-refractivity contribution in [3.63, 3.8) is 0 Å². The number of nitrogens with zero attached hydrogens (tertiary/aromatic N) is 3. The number of fused-ring (bicyclic) bond motifs is 1. The smallest absolute Gasteiger partial charge is 0.250 e. The fourth-order valence-electron chi connectivity index (χ4n) is 3.11. The van der Waals surface area contributed by atoms with Gasteiger partial charge in [-0.3, -0.25) is 5.32 Å². The van der Waals surface area contributed by atoms with E-state index < -0.39 is 0 Å². The van der Waals surface area contributed by atoms with Gasteiger partial charge >= 0.3 is 0 Å². The maximum Gasteiger partial charge on any atom is 0.250 e. The van der Waals surface area contributed by atoms with Crippen molar-refractivity contribution in [3.8, 4) is 11.3 Å². The molecule has 0 unspecified atom stereocenters. The minimum absolute atomic E-state index is 0.474. The summed E-state index contributed by atoms with van der Waals surface area (Å²) in [4.78, 5) is 5.38. The normalized spacial score (nSPS) is 15.5. The molecule has 1 aliphatic rings. The molecule has 1 aliphatic carbocycles. The Labute approximate surface area is 150 Å². The Kier molecular flexibility index (Phi) is 4.44. The zero-order valence-corrected chi connectivity index (χ0v) is 14.9. The average molecular weight is 358 g/mol. The lowest BCUT2D eigenvalue weighted by atomic mass is 9.96. The number of rotatable bonds is 3. The largest absolute Gasteiger partial charge is 0.360 e. The predicted octanol–water partition coefficient (Wildman–Crippen LogP) is 4.08. The summed E-state index contributed by atoms with van der Waals surface area (Å²) in [5, 5.41) is 13.8. The molecular formula is C17H19N5S2. The van der Waals surface area contributed by atoms with Crippen LogP contribution in [0.4, 0.5) is 5.95 Å². The van der Waals surface area contributed by atoms with Crippen LogP contribution in [0.2, 0.25) is 0 Å². The lowest BCUT2D eigenvalue weighted by molar-refractivity contribution is 0.414. The molecule has 0 saturated heterocycles. The topological polar surface area (TPSA) is 54.2 Å². The summed E-state index contributed by atoms with van der Waals surface area (Å²) in [6, 6.07) is 10.7. The number of thiocarbonyl (C=S) groups is 1. The van der Waals surface area contributed by atoms with E-state index in [1.165, 1.54) is 32.1 Å². The van der Waals surface area contributed by atoms with E-state index in [1.807, 2.05) is 22.7 Å². The standard InChI is InChI=1S/C17H19N5S2/c23-16(18-13-9-5-2-6-10-13)19-15-20-17-22(21-15)14(11-24-17)12-7-3-1-4-8-12/h1,3-4,7-8,11,13H,2,5-6,9-10H2,(H2,18,19,21,23). The van der Waals surface area contributed by atoms with Gasteiger partial charge in [0.05, 0.1) is 5.69 Å². The molecule has 0 atom stereocenters. The van der Waals surface area contributed by atoms with Crippen molar-refractivity contribution in [3.05, 3.63) is 35.7 Å². The highest BCUT2D eigenvalue weighted by Gasteiger charge is 2.16. The maximum atomic E-state index is 5.41. The molecule has 2 heterocycles. The molecular weight excluding hydrogens is 338 g/mol. The average Bonchev–Trinajstić information content (AvgIpc) is 3.16. The third kappa shape index (κ3) is 3.27. The Morgan fingerprint density at radius 3 is 2.75 bits per heavy atom. The van der Waals surface area contributed by atoms with Gasteiger partial charge in [0.2, 0.25) is 10.9 Å². The van der Waals surface area contributed by atoms with Gasteiger partial charge in [0.15, 0.2) is 5.11 Å². The van der Waals surface area contributed by atoms with E-state index in [4.69, 9.17) is 12.2 Å². The SMILES string of the molecule is S=C(Nc1nc2scc(-c3ccccc3)n2n1)NC1CCCCC1. The second-order valence-corrected chi connectivity index (χ2v) is 7.29. The highest BCUT2D eigenvalue weighted by atomic mass is 32.1. The summed E-state index contributed by atoms with van der Waals surface area (Å²) in [6.45, 7) is 0. The minimum Gasteiger partial charge on any atom is -0.360 e. The first kappa shape index (κ1) is 15.5. The first-order valence-corrected chi connectivity index (χ1v) is 9.55. The van der Waals surface area contributed by atoms with Gasteiger partial charge in [-0.2, -0.15) is 4.98 Å². The lowest BCUT2D eigenvalue weighted by Crippen LogP contribution is -2.39. The van der Waals surface area contributed by atoms with Gasteiger partial charge in [0.1, 0.15) is 0 Å². The van der Waals surface area contributed by atoms with Crippen LogP contribution in [0.1, 0.15) is 32.1 Å². The molecule has 5 nitrogen and oxygen atoms in total. The highest BCUT2D eigenvalue weighted by Crippen LogP contribution is 2.25. The Balaban J connectivity index is 1.49. The Morgan fingerprint density at radius 2 is 1.96 bits per heavy atom. The van der Waals surface area contributed by atoms with Crippen molar-refractivity contribution in [2.45, 2.75) is 38.1 Å². The number of thiazole rings is 1. The molecule has 1 aromatic carbocycles. The monoisotopic (exact) mass is 357 g/mol. The summed E-state index contributed by atoms with van der Waals surface area (Å²) in [6.07, 6.45) is 6.26. The molecule has 7 heteroatoms. The van der Waals surface area contributed by atoms with Crippen molar-refractivity contribution in [1.82, 2.24) is 19.9 Å².